The smallest absolute Gasteiger partial charge is 0.325 e. The minimum Gasteiger partial charge on any atom is -0.480 e. The first kappa shape index (κ1) is 62.6. The fourth-order valence-electron chi connectivity index (χ4n) is 7.76. The maximum absolute atomic E-state index is 14.1. The SMILES string of the molecule is CC(=O)N[C@H]1[C@@H](O[C@H](C)[C@H](N)C(=O)N[C@H](C(=O)N2CCC[C@H]2C(=O)N[C@@H](C)C(=O)N[C@@H](C)C(=O)NCC(=O)NCC(=O)NCC(=O)N[C@@H](C)C(=O)O)C(C)C)O[C@H](CO)[C@H](O)[C@@H]1O[C@@H]1O[C@H](CO)[C@H](O)[C@H](O)[C@H]1O. The molecule has 0 aliphatic carbocycles. The molecule has 0 aromatic carbocycles. The maximum atomic E-state index is 14.1. The largest absolute Gasteiger partial charge is 0.480 e. The Kier molecular flexibility index (Phi) is 24.3. The minimum absolute atomic E-state index is 0.0937. The highest BCUT2D eigenvalue weighted by atomic mass is 16.7. The zero-order valence-electron chi connectivity index (χ0n) is 41.9. The van der Waals surface area contributed by atoms with E-state index < -0.39 is 202 Å². The second-order valence-electron chi connectivity index (χ2n) is 18.4. The summed E-state index contributed by atoms with van der Waals surface area (Å²) in [5.74, 6) is -8.85. The van der Waals surface area contributed by atoms with E-state index >= 15 is 0 Å². The Labute approximate surface area is 424 Å². The van der Waals surface area contributed by atoms with Gasteiger partial charge in [-0.15, -0.1) is 0 Å². The quantitative estimate of drug-likeness (QED) is 0.0404. The highest BCUT2D eigenvalue weighted by Gasteiger charge is 2.52. The van der Waals surface area contributed by atoms with Gasteiger partial charge in [-0.25, -0.2) is 0 Å². The van der Waals surface area contributed by atoms with E-state index in [9.17, 15) is 78.6 Å². The average Bonchev–Trinajstić information content (AvgIpc) is 3.85. The van der Waals surface area contributed by atoms with E-state index in [2.05, 4.69) is 42.5 Å². The fraction of sp³-hybridized carbons (Fsp3) is 0.767. The van der Waals surface area contributed by atoms with Crippen molar-refractivity contribution in [3.63, 3.8) is 0 Å². The standard InChI is InChI=1S/C43H72N10O21/c1-16(2)29(52-39(67)28(44)20(6)71-42-30(51-21(7)56)35(32(61)24(15-55)72-42)74-43-34(63)33(62)31(60)23(14-54)73-43)40(68)53-10-8-9-22(53)38(66)50-18(4)37(65)49-17(3)36(64)47-12-26(58)45-11-25(57)46-13-27(59)48-19(5)41(69)70/h16-20,22-24,28-35,42-43,54-55,60-63H,8-15,44H2,1-7H3,(H,45,58)(H,46,57)(H,47,64)(H,48,59)(H,49,65)(H,50,66)(H,51,56)(H,52,67)(H,69,70)/t17-,18-,19-,20+,22-,23+,24+,28-,29-,30+,31-,32-,33-,34+,35+,42-,43-/m0/s1. The summed E-state index contributed by atoms with van der Waals surface area (Å²) in [6.45, 7) is 6.23. The summed E-state index contributed by atoms with van der Waals surface area (Å²) in [5.41, 5.74) is 6.34. The van der Waals surface area contributed by atoms with Gasteiger partial charge in [-0.1, -0.05) is 13.8 Å². The summed E-state index contributed by atoms with van der Waals surface area (Å²) >= 11 is 0. The van der Waals surface area contributed by atoms with Crippen molar-refractivity contribution >= 4 is 59.1 Å². The number of amides is 9. The Morgan fingerprint density at radius 3 is 1.78 bits per heavy atom. The van der Waals surface area contributed by atoms with Crippen LogP contribution in [-0.2, 0) is 66.9 Å². The van der Waals surface area contributed by atoms with Crippen LogP contribution in [0.1, 0.15) is 61.3 Å². The molecule has 0 aromatic rings. The summed E-state index contributed by atoms with van der Waals surface area (Å²) in [6, 6.07) is -9.05. The number of aliphatic carboxylic acids is 1. The molecule has 0 spiro atoms. The molecule has 0 bridgehead atoms. The number of carbonyl (C=O) groups is 10. The van der Waals surface area contributed by atoms with Crippen LogP contribution >= 0.6 is 0 Å². The lowest BCUT2D eigenvalue weighted by molar-refractivity contribution is -0.347. The number of carbonyl (C=O) groups excluding carboxylic acids is 9. The van der Waals surface area contributed by atoms with Gasteiger partial charge in [0.15, 0.2) is 12.6 Å². The Hall–Kier alpha value is -5.74. The topological polar surface area (TPSA) is 475 Å². The van der Waals surface area contributed by atoms with Gasteiger partial charge < -0.3 is 108 Å². The molecule has 3 aliphatic rings. The zero-order valence-corrected chi connectivity index (χ0v) is 41.9. The molecule has 9 amide bonds. The van der Waals surface area contributed by atoms with Crippen molar-refractivity contribution in [3.05, 3.63) is 0 Å². The Morgan fingerprint density at radius 1 is 0.662 bits per heavy atom. The number of aliphatic hydroxyl groups is 6. The molecule has 3 fully saturated rings. The third-order valence-electron chi connectivity index (χ3n) is 12.2. The van der Waals surface area contributed by atoms with Crippen molar-refractivity contribution < 1.29 is 103 Å². The number of nitrogens with one attached hydrogen (secondary N) is 8. The average molecular weight is 1070 g/mol. The normalized spacial score (nSPS) is 28.2. The van der Waals surface area contributed by atoms with Crippen molar-refractivity contribution in [1.82, 2.24) is 47.4 Å². The van der Waals surface area contributed by atoms with E-state index in [4.69, 9.17) is 29.8 Å². The number of ether oxygens (including phenoxy) is 4. The van der Waals surface area contributed by atoms with Crippen LogP contribution in [0.4, 0.5) is 0 Å². The number of carboxylic acids is 1. The van der Waals surface area contributed by atoms with Gasteiger partial charge in [-0.2, -0.15) is 0 Å². The van der Waals surface area contributed by atoms with Gasteiger partial charge in [0.1, 0.15) is 85.0 Å². The molecule has 0 aromatic heterocycles. The van der Waals surface area contributed by atoms with Crippen LogP contribution in [0.5, 0.6) is 0 Å². The molecule has 74 heavy (non-hydrogen) atoms. The number of nitrogens with zero attached hydrogens (tertiary/aromatic N) is 1. The van der Waals surface area contributed by atoms with Crippen LogP contribution in [-0.4, -0.2) is 243 Å². The van der Waals surface area contributed by atoms with Gasteiger partial charge in [-0.3, -0.25) is 47.9 Å². The second-order valence-corrected chi connectivity index (χ2v) is 18.4. The van der Waals surface area contributed by atoms with Crippen molar-refractivity contribution in [2.45, 2.75) is 165 Å². The molecule has 3 saturated heterocycles. The number of carboxylic acid groups (broad SMARTS) is 1. The highest BCUT2D eigenvalue weighted by molar-refractivity contribution is 5.97. The Balaban J connectivity index is 1.57. The molecule has 3 aliphatic heterocycles. The third-order valence-corrected chi connectivity index (χ3v) is 12.2. The molecule has 3 heterocycles. The lowest BCUT2D eigenvalue weighted by atomic mass is 9.95. The van der Waals surface area contributed by atoms with E-state index in [1.165, 1.54) is 32.6 Å². The second kappa shape index (κ2) is 28.8. The van der Waals surface area contributed by atoms with Gasteiger partial charge in [0.2, 0.25) is 53.2 Å². The van der Waals surface area contributed by atoms with Crippen LogP contribution in [0.25, 0.3) is 0 Å². The fourth-order valence-corrected chi connectivity index (χ4v) is 7.76. The summed E-state index contributed by atoms with van der Waals surface area (Å²) in [5, 5.41) is 89.7. The summed E-state index contributed by atoms with van der Waals surface area (Å²) in [4.78, 5) is 127. The van der Waals surface area contributed by atoms with Crippen LogP contribution < -0.4 is 48.3 Å². The van der Waals surface area contributed by atoms with Crippen LogP contribution in [0.2, 0.25) is 0 Å². The number of rotatable bonds is 25. The first-order chi connectivity index (χ1) is 34.6. The highest BCUT2D eigenvalue weighted by Crippen LogP contribution is 2.30. The summed E-state index contributed by atoms with van der Waals surface area (Å²) in [6.07, 6.45) is -16.0. The molecule has 31 nitrogen and oxygen atoms in total. The van der Waals surface area contributed by atoms with E-state index in [0.29, 0.717) is 6.42 Å². The molecular formula is C43H72N10O21. The number of likely N-dealkylation sites (tertiary alicyclic amines) is 1. The molecule has 17 atom stereocenters. The first-order valence-electron chi connectivity index (χ1n) is 23.8. The molecule has 31 heteroatoms. The molecule has 0 radical (unpaired) electrons. The predicted molar refractivity (Wildman–Crippen MR) is 248 cm³/mol. The van der Waals surface area contributed by atoms with Crippen molar-refractivity contribution in [2.24, 2.45) is 11.7 Å². The van der Waals surface area contributed by atoms with Gasteiger partial charge in [0, 0.05) is 13.5 Å². The van der Waals surface area contributed by atoms with E-state index in [1.807, 2.05) is 0 Å². The van der Waals surface area contributed by atoms with Crippen molar-refractivity contribution in [1.29, 1.82) is 0 Å². The van der Waals surface area contributed by atoms with Crippen molar-refractivity contribution in [2.75, 3.05) is 39.4 Å². The summed E-state index contributed by atoms with van der Waals surface area (Å²) < 4.78 is 23.0. The minimum atomic E-state index is -1.93. The zero-order chi connectivity index (χ0) is 55.9. The molecule has 0 unspecified atom stereocenters. The van der Waals surface area contributed by atoms with E-state index in [-0.39, 0.29) is 13.0 Å². The lowest BCUT2D eigenvalue weighted by Crippen LogP contribution is -2.68. The van der Waals surface area contributed by atoms with E-state index in [1.54, 1.807) is 13.8 Å². The van der Waals surface area contributed by atoms with Gasteiger partial charge in [-0.05, 0) is 46.5 Å². The molecular weight excluding hydrogens is 993 g/mol. The summed E-state index contributed by atoms with van der Waals surface area (Å²) in [7, 11) is 0. The van der Waals surface area contributed by atoms with Crippen LogP contribution in [0.15, 0.2) is 0 Å². The maximum Gasteiger partial charge on any atom is 0.325 e. The number of hydrogen-bond acceptors (Lipinski definition) is 21. The van der Waals surface area contributed by atoms with Crippen molar-refractivity contribution in [3.8, 4) is 0 Å². The monoisotopic (exact) mass is 1060 g/mol. The van der Waals surface area contributed by atoms with E-state index in [0.717, 1.165) is 6.92 Å². The Morgan fingerprint density at radius 2 is 1.22 bits per heavy atom. The number of nitrogens with two attached hydrogens (primary N) is 1. The number of hydrogen-bond donors (Lipinski definition) is 16. The first-order valence-corrected chi connectivity index (χ1v) is 23.8. The van der Waals surface area contributed by atoms with Crippen LogP contribution in [0.3, 0.4) is 0 Å². The molecule has 420 valence electrons. The van der Waals surface area contributed by atoms with Gasteiger partial charge in [0.25, 0.3) is 0 Å². The molecule has 0 saturated carbocycles. The number of aliphatic hydroxyl groups excluding tert-OH is 6. The van der Waals surface area contributed by atoms with Crippen LogP contribution in [0, 0.1) is 5.92 Å². The lowest BCUT2D eigenvalue weighted by Gasteiger charge is -2.48. The predicted octanol–water partition coefficient (Wildman–Crippen LogP) is -9.43. The Bertz CT molecular complexity index is 2000. The molecule has 17 N–H and O–H groups in total. The van der Waals surface area contributed by atoms with Gasteiger partial charge in [0.05, 0.1) is 39.0 Å². The molecule has 3 rings (SSSR count). The van der Waals surface area contributed by atoms with Gasteiger partial charge >= 0.3 is 5.97 Å². The third kappa shape index (κ3) is 17.4.